The number of benzene rings is 1. The predicted molar refractivity (Wildman–Crippen MR) is 98.4 cm³/mol. The van der Waals surface area contributed by atoms with E-state index in [2.05, 4.69) is 15.1 Å². The van der Waals surface area contributed by atoms with Crippen molar-refractivity contribution >= 4 is 16.7 Å². The van der Waals surface area contributed by atoms with Gasteiger partial charge in [-0.2, -0.15) is 14.6 Å². The first-order valence-electron chi connectivity index (χ1n) is 8.78. The van der Waals surface area contributed by atoms with Crippen LogP contribution >= 0.6 is 0 Å². The van der Waals surface area contributed by atoms with Gasteiger partial charge in [0.05, 0.1) is 30.7 Å². The summed E-state index contributed by atoms with van der Waals surface area (Å²) in [5.41, 5.74) is 2.40. The normalized spacial score (nSPS) is 13.8. The van der Waals surface area contributed by atoms with Crippen molar-refractivity contribution in [2.75, 3.05) is 13.2 Å². The Hall–Kier alpha value is -3.42. The Morgan fingerprint density at radius 3 is 2.85 bits per heavy atom. The van der Waals surface area contributed by atoms with Gasteiger partial charge in [0.1, 0.15) is 6.33 Å². The van der Waals surface area contributed by atoms with Crippen LogP contribution in [0.25, 0.3) is 16.7 Å². The molecule has 0 saturated heterocycles. The van der Waals surface area contributed by atoms with Gasteiger partial charge < -0.3 is 14.0 Å². The van der Waals surface area contributed by atoms with E-state index in [9.17, 15) is 4.79 Å². The van der Waals surface area contributed by atoms with Crippen molar-refractivity contribution in [2.45, 2.75) is 19.9 Å². The summed E-state index contributed by atoms with van der Waals surface area (Å²) in [5.74, 6) is 1.95. The lowest BCUT2D eigenvalue weighted by atomic mass is 10.1. The first kappa shape index (κ1) is 15.8. The maximum absolute atomic E-state index is 13.1. The third-order valence-electron chi connectivity index (χ3n) is 4.74. The van der Waals surface area contributed by atoms with E-state index >= 15 is 0 Å². The van der Waals surface area contributed by atoms with Gasteiger partial charge in [-0.25, -0.2) is 4.98 Å². The smallest absolute Gasteiger partial charge is 0.262 e. The first-order valence-corrected chi connectivity index (χ1v) is 8.78. The molecule has 0 atom stereocenters. The summed E-state index contributed by atoms with van der Waals surface area (Å²) < 4.78 is 14.7. The molecular formula is C19H17N5O3. The zero-order valence-corrected chi connectivity index (χ0v) is 14.8. The highest BCUT2D eigenvalue weighted by molar-refractivity contribution is 5.79. The maximum Gasteiger partial charge on any atom is 0.262 e. The molecule has 27 heavy (non-hydrogen) atoms. The summed E-state index contributed by atoms with van der Waals surface area (Å²) in [6, 6.07) is 7.74. The SMILES string of the molecule is Cc1cc2c(cnc3ncnn32)c(=O)n1Cc1ccc2c(c1)OCCCO2. The number of nitrogens with zero attached hydrogens (tertiary/aromatic N) is 5. The van der Waals surface area contributed by atoms with Gasteiger partial charge >= 0.3 is 0 Å². The predicted octanol–water partition coefficient (Wildman–Crippen LogP) is 1.96. The van der Waals surface area contributed by atoms with Gasteiger partial charge in [0.15, 0.2) is 11.5 Å². The maximum atomic E-state index is 13.1. The van der Waals surface area contributed by atoms with Crippen LogP contribution in [0.1, 0.15) is 17.7 Å². The second-order valence-corrected chi connectivity index (χ2v) is 6.54. The van der Waals surface area contributed by atoms with E-state index in [1.807, 2.05) is 31.2 Å². The van der Waals surface area contributed by atoms with E-state index in [1.54, 1.807) is 15.3 Å². The van der Waals surface area contributed by atoms with Gasteiger partial charge in [-0.05, 0) is 30.7 Å². The van der Waals surface area contributed by atoms with Gasteiger partial charge in [0.2, 0.25) is 0 Å². The monoisotopic (exact) mass is 363 g/mol. The molecule has 1 aliphatic rings. The molecule has 0 amide bonds. The molecule has 0 spiro atoms. The number of fused-ring (bicyclic) bond motifs is 4. The molecular weight excluding hydrogens is 346 g/mol. The number of pyridine rings is 1. The van der Waals surface area contributed by atoms with Gasteiger partial charge in [0, 0.05) is 18.3 Å². The van der Waals surface area contributed by atoms with E-state index in [0.29, 0.717) is 36.4 Å². The second-order valence-electron chi connectivity index (χ2n) is 6.54. The standard InChI is InChI=1S/C19H17N5O3/c1-12-7-15-14(9-20-19-21-11-22-24(15)19)18(25)23(12)10-13-3-4-16-17(8-13)27-6-2-5-26-16/h3-4,7-9,11H,2,5-6,10H2,1H3. The van der Waals surface area contributed by atoms with Gasteiger partial charge in [-0.1, -0.05) is 6.07 Å². The lowest BCUT2D eigenvalue weighted by molar-refractivity contribution is 0.297. The molecule has 0 radical (unpaired) electrons. The quantitative estimate of drug-likeness (QED) is 0.541. The van der Waals surface area contributed by atoms with E-state index in [0.717, 1.165) is 29.2 Å². The van der Waals surface area contributed by atoms with Crippen LogP contribution in [0.4, 0.5) is 0 Å². The zero-order valence-electron chi connectivity index (χ0n) is 14.8. The summed E-state index contributed by atoms with van der Waals surface area (Å²) in [7, 11) is 0. The molecule has 3 aromatic heterocycles. The minimum Gasteiger partial charge on any atom is -0.490 e. The number of hydrogen-bond acceptors (Lipinski definition) is 6. The van der Waals surface area contributed by atoms with E-state index in [-0.39, 0.29) is 5.56 Å². The van der Waals surface area contributed by atoms with Crippen molar-refractivity contribution in [3.05, 3.63) is 58.4 Å². The molecule has 136 valence electrons. The van der Waals surface area contributed by atoms with Gasteiger partial charge in [0.25, 0.3) is 11.3 Å². The van der Waals surface area contributed by atoms with Crippen molar-refractivity contribution in [1.82, 2.24) is 24.1 Å². The van der Waals surface area contributed by atoms with Crippen LogP contribution in [0.15, 0.2) is 41.6 Å². The molecule has 0 bridgehead atoms. The van der Waals surface area contributed by atoms with Crippen molar-refractivity contribution in [3.63, 3.8) is 0 Å². The topological polar surface area (TPSA) is 83.5 Å². The third kappa shape index (κ3) is 2.61. The molecule has 0 aliphatic carbocycles. The van der Waals surface area contributed by atoms with Crippen LogP contribution in [0.2, 0.25) is 0 Å². The average Bonchev–Trinajstić information content (AvgIpc) is 3.03. The van der Waals surface area contributed by atoms with Gasteiger partial charge in [-0.3, -0.25) is 4.79 Å². The van der Waals surface area contributed by atoms with Crippen LogP contribution in [-0.4, -0.2) is 37.4 Å². The van der Waals surface area contributed by atoms with Crippen molar-refractivity contribution in [1.29, 1.82) is 0 Å². The highest BCUT2D eigenvalue weighted by Gasteiger charge is 2.14. The van der Waals surface area contributed by atoms with E-state index in [1.165, 1.54) is 6.33 Å². The molecule has 8 nitrogen and oxygen atoms in total. The highest BCUT2D eigenvalue weighted by Crippen LogP contribution is 2.30. The summed E-state index contributed by atoms with van der Waals surface area (Å²) in [5, 5.41) is 4.67. The fourth-order valence-corrected chi connectivity index (χ4v) is 3.37. The van der Waals surface area contributed by atoms with E-state index < -0.39 is 0 Å². The minimum absolute atomic E-state index is 0.109. The molecule has 5 rings (SSSR count). The lowest BCUT2D eigenvalue weighted by Gasteiger charge is -2.14. The molecule has 0 N–H and O–H groups in total. The molecule has 4 aromatic rings. The molecule has 1 aliphatic heterocycles. The molecule has 1 aromatic carbocycles. The minimum atomic E-state index is -0.109. The Bertz CT molecular complexity index is 1230. The number of rotatable bonds is 2. The van der Waals surface area contributed by atoms with Crippen LogP contribution in [-0.2, 0) is 6.54 Å². The molecule has 0 unspecified atom stereocenters. The Morgan fingerprint density at radius 1 is 1.11 bits per heavy atom. The Kier molecular flexibility index (Phi) is 3.56. The fraction of sp³-hybridized carbons (Fsp3) is 0.263. The number of ether oxygens (including phenoxy) is 2. The molecule has 0 fully saturated rings. The van der Waals surface area contributed by atoms with Crippen molar-refractivity contribution in [3.8, 4) is 11.5 Å². The molecule has 4 heterocycles. The average molecular weight is 363 g/mol. The first-order chi connectivity index (χ1) is 13.2. The number of hydrogen-bond donors (Lipinski definition) is 0. The third-order valence-corrected chi connectivity index (χ3v) is 4.74. The molecule has 8 heteroatoms. The highest BCUT2D eigenvalue weighted by atomic mass is 16.5. The van der Waals surface area contributed by atoms with Crippen LogP contribution in [0.5, 0.6) is 11.5 Å². The summed E-state index contributed by atoms with van der Waals surface area (Å²) in [4.78, 5) is 21.4. The van der Waals surface area contributed by atoms with Crippen LogP contribution < -0.4 is 15.0 Å². The van der Waals surface area contributed by atoms with E-state index in [4.69, 9.17) is 9.47 Å². The molecule has 0 saturated carbocycles. The Labute approximate surface area is 154 Å². The summed E-state index contributed by atoms with van der Waals surface area (Å²) in [6.45, 7) is 3.63. The summed E-state index contributed by atoms with van der Waals surface area (Å²) in [6.07, 6.45) is 3.85. The summed E-state index contributed by atoms with van der Waals surface area (Å²) >= 11 is 0. The van der Waals surface area contributed by atoms with Crippen molar-refractivity contribution in [2.24, 2.45) is 0 Å². The zero-order chi connectivity index (χ0) is 18.4. The van der Waals surface area contributed by atoms with Gasteiger partial charge in [-0.15, -0.1) is 0 Å². The Balaban J connectivity index is 1.60. The van der Waals surface area contributed by atoms with Crippen molar-refractivity contribution < 1.29 is 9.47 Å². The second kappa shape index (κ2) is 6.08. The largest absolute Gasteiger partial charge is 0.490 e. The van der Waals surface area contributed by atoms with Crippen LogP contribution in [0.3, 0.4) is 0 Å². The number of aryl methyl sites for hydroxylation is 1. The fourth-order valence-electron chi connectivity index (χ4n) is 3.37. The van der Waals surface area contributed by atoms with Crippen LogP contribution in [0, 0.1) is 6.92 Å². The number of aromatic nitrogens is 5. The lowest BCUT2D eigenvalue weighted by Crippen LogP contribution is -2.24. The Morgan fingerprint density at radius 2 is 1.96 bits per heavy atom.